The minimum Gasteiger partial charge on any atom is -0.506 e. The summed E-state index contributed by atoms with van der Waals surface area (Å²) < 4.78 is 123. The number of aromatic hydroxyl groups is 1. The van der Waals surface area contributed by atoms with Gasteiger partial charge in [0.1, 0.15) is 59.4 Å². The first-order valence-electron chi connectivity index (χ1n) is 35.8. The highest BCUT2D eigenvalue weighted by Crippen LogP contribution is 2.37. The Morgan fingerprint density at radius 3 is 1.05 bits per heavy atom. The molecule has 0 atom stereocenters. The van der Waals surface area contributed by atoms with Crippen LogP contribution in [-0.4, -0.2) is 210 Å². The molecule has 109 heavy (non-hydrogen) atoms. The summed E-state index contributed by atoms with van der Waals surface area (Å²) in [6, 6.07) is 13.6. The summed E-state index contributed by atoms with van der Waals surface area (Å²) in [6.07, 6.45) is 11.0. The fraction of sp³-hybridized carbons (Fsp3) is 0.569. The summed E-state index contributed by atoms with van der Waals surface area (Å²) in [5.74, 6) is 2.56. The number of piperidine rings is 3. The van der Waals surface area contributed by atoms with Gasteiger partial charge in [-0.2, -0.15) is 0 Å². The Labute approximate surface area is 645 Å². The van der Waals surface area contributed by atoms with Crippen molar-refractivity contribution in [3.8, 4) is 46.6 Å². The van der Waals surface area contributed by atoms with E-state index in [1.54, 1.807) is 79.7 Å². The molecule has 6 fully saturated rings. The van der Waals surface area contributed by atoms with E-state index in [0.717, 1.165) is 25.7 Å². The van der Waals surface area contributed by atoms with Gasteiger partial charge in [-0.15, -0.1) is 0 Å². The van der Waals surface area contributed by atoms with E-state index in [1.807, 2.05) is 55.4 Å². The van der Waals surface area contributed by atoms with Crippen LogP contribution >= 0.6 is 23.2 Å². The molecule has 9 heterocycles. The zero-order chi connectivity index (χ0) is 79.8. The largest absolute Gasteiger partial charge is 0.506 e. The van der Waals surface area contributed by atoms with Gasteiger partial charge >= 0.3 is 23.7 Å². The first kappa shape index (κ1) is 85.8. The normalized spacial score (nSPS) is 16.6. The second-order valence-corrected chi connectivity index (χ2v) is 36.2. The van der Waals surface area contributed by atoms with Gasteiger partial charge in [-0.25, -0.2) is 89.3 Å². The van der Waals surface area contributed by atoms with Crippen LogP contribution in [0.25, 0.3) is 0 Å². The lowest BCUT2D eigenvalue weighted by Gasteiger charge is -2.33. The average Bonchev–Trinajstić information content (AvgIpc) is 1.72. The third-order valence-electron chi connectivity index (χ3n) is 16.5. The molecule has 3 saturated heterocycles. The molecule has 3 amide bonds. The van der Waals surface area contributed by atoms with Crippen molar-refractivity contribution in [2.75, 3.05) is 39.3 Å². The van der Waals surface area contributed by atoms with E-state index in [0.29, 0.717) is 142 Å². The minimum atomic E-state index is -3.36. The summed E-state index contributed by atoms with van der Waals surface area (Å²) in [5, 5.41) is 8.90. The fourth-order valence-corrected chi connectivity index (χ4v) is 15.7. The summed E-state index contributed by atoms with van der Waals surface area (Å²) in [4.78, 5) is 87.7. The van der Waals surface area contributed by atoms with E-state index >= 15 is 0 Å². The van der Waals surface area contributed by atoms with E-state index in [9.17, 15) is 49.5 Å². The first-order chi connectivity index (χ1) is 51.2. The first-order valence-corrected chi connectivity index (χ1v) is 41.2. The number of carbonyl (C=O) groups excluding carboxylic acids is 4. The maximum Gasteiger partial charge on any atom is 0.410 e. The van der Waals surface area contributed by atoms with Gasteiger partial charge in [-0.3, -0.25) is 0 Å². The Morgan fingerprint density at radius 1 is 0.440 bits per heavy atom. The highest BCUT2D eigenvalue weighted by Gasteiger charge is 2.41. The third-order valence-corrected chi connectivity index (χ3v) is 23.3. The Morgan fingerprint density at radius 2 is 0.752 bits per heavy atom. The number of aromatic nitrogens is 9. The van der Waals surface area contributed by atoms with Gasteiger partial charge in [0.05, 0.1) is 57.2 Å². The lowest BCUT2D eigenvalue weighted by atomic mass is 10.1. The lowest BCUT2D eigenvalue weighted by Crippen LogP contribution is -2.44. The number of hydrogen-bond acceptors (Lipinski definition) is 29. The highest BCUT2D eigenvalue weighted by atomic mass is 35.5. The summed E-state index contributed by atoms with van der Waals surface area (Å²) in [6.45, 7) is 26.6. The van der Waals surface area contributed by atoms with Crippen molar-refractivity contribution < 1.29 is 92.2 Å². The van der Waals surface area contributed by atoms with Gasteiger partial charge in [0.15, 0.2) is 56.1 Å². The standard InChI is InChI=1S/C23H30N4O6S.C22H28N4O6S.C14H20ClN3O3.C9H11NO3S.C4H7ClO2/c1-15-18(7-8-21(26-15)34(29,30)17-5-6-17)32-20-13-19(24-14-25-20)31-16-9-11-27(12-10-16)22(28)33-23(2,3)4;1-14(2)30-22(27)26-10-8-16(9-11-26)31-19-12-20(24-13-23-19)32-18-6-7-21(25-15(18)3)33(28,29)17-4-5-17;1-14(2,3)21-13(19)18-6-4-10(5-7-18)20-12-8-11(15)16-9-17-12;1-6-8(11)4-5-9(10-6)14(12,13)7-2-3-7;1-3(2)7-4(5)6/h7-8,13-14,16-17H,5-6,9-12H2,1-4H3;6-7,12-14,16-17H,4-5,8-11H2,1-3H3;8-10H,4-7H2,1-3H3;4-5,7,11H,2-3H2,1H3;3H,1-2H3. The van der Waals surface area contributed by atoms with Crippen LogP contribution in [0.4, 0.5) is 19.2 Å². The number of aryl methyl sites for hydroxylation is 3. The van der Waals surface area contributed by atoms with Gasteiger partial charge in [0.25, 0.3) is 0 Å². The van der Waals surface area contributed by atoms with Crippen molar-refractivity contribution in [1.29, 1.82) is 0 Å². The fourth-order valence-electron chi connectivity index (χ4n) is 10.5. The molecule has 3 saturated carbocycles. The van der Waals surface area contributed by atoms with Crippen molar-refractivity contribution >= 4 is 76.4 Å². The summed E-state index contributed by atoms with van der Waals surface area (Å²) in [7, 11) is -9.95. The zero-order valence-corrected chi connectivity index (χ0v) is 67.3. The smallest absolute Gasteiger partial charge is 0.410 e. The number of halogens is 2. The molecule has 0 aromatic carbocycles. The number of rotatable bonds is 18. The minimum absolute atomic E-state index is 0.0228. The number of sulfone groups is 3. The molecule has 12 rings (SSSR count). The third kappa shape index (κ3) is 27.3. The van der Waals surface area contributed by atoms with Crippen LogP contribution in [0.15, 0.2) is 88.7 Å². The monoisotopic (exact) mass is 1610 g/mol. The molecule has 6 aromatic heterocycles. The average molecular weight is 1620 g/mol. The molecular formula is C72H96Cl2N12O20S3. The van der Waals surface area contributed by atoms with Crippen molar-refractivity contribution in [2.45, 2.75) is 240 Å². The van der Waals surface area contributed by atoms with Gasteiger partial charge < -0.3 is 62.4 Å². The molecule has 0 spiro atoms. The number of carbonyl (C=O) groups is 4. The van der Waals surface area contributed by atoms with Crippen LogP contribution in [0.2, 0.25) is 5.15 Å². The lowest BCUT2D eigenvalue weighted by molar-refractivity contribution is 0.0111. The molecule has 1 N–H and O–H groups in total. The Balaban J connectivity index is 0.000000185. The van der Waals surface area contributed by atoms with E-state index < -0.39 is 46.1 Å². The molecule has 6 aliphatic rings. The summed E-state index contributed by atoms with van der Waals surface area (Å²) >= 11 is 10.6. The molecule has 0 radical (unpaired) electrons. The number of pyridine rings is 3. The number of ether oxygens (including phenoxy) is 9. The van der Waals surface area contributed by atoms with Crippen LogP contribution in [0, 0.1) is 20.8 Å². The predicted octanol–water partition coefficient (Wildman–Crippen LogP) is 12.7. The van der Waals surface area contributed by atoms with E-state index in [2.05, 4.69) is 49.6 Å². The summed E-state index contributed by atoms with van der Waals surface area (Å²) in [5.41, 5.74) is -0.471. The molecule has 0 bridgehead atoms. The van der Waals surface area contributed by atoms with E-state index in [-0.39, 0.29) is 97.1 Å². The van der Waals surface area contributed by atoms with Crippen LogP contribution in [0.1, 0.15) is 163 Å². The van der Waals surface area contributed by atoms with Crippen LogP contribution in [0.5, 0.6) is 46.6 Å². The topological polar surface area (TPSA) is 400 Å². The van der Waals surface area contributed by atoms with Crippen molar-refractivity contribution in [3.05, 3.63) is 95.8 Å². The second-order valence-electron chi connectivity index (χ2n) is 28.9. The molecule has 32 nitrogen and oxygen atoms in total. The number of likely N-dealkylation sites (tertiary alicyclic amines) is 3. The van der Waals surface area contributed by atoms with Gasteiger partial charge in [-0.1, -0.05) is 11.6 Å². The number of hydrogen-bond donors (Lipinski definition) is 1. The van der Waals surface area contributed by atoms with Crippen molar-refractivity contribution in [2.24, 2.45) is 0 Å². The SMILES string of the molecule is CC(C)(C)OC(=O)N1CCC(Oc2cc(Cl)ncn2)CC1.CC(C)OC(=O)Cl.Cc1nc(S(=O)(=O)C2CC2)ccc1O.Cc1nc(S(=O)(=O)C2CC2)ccc1Oc1cc(OC2CCN(C(=O)OC(C)(C)C)CC2)ncn1.Cc1nc(S(=O)(=O)C2CC2)ccc1Oc1cc(OC2CCN(C(=O)OC(C)C)CC2)ncn1. The molecule has 3 aliphatic carbocycles. The molecule has 3 aliphatic heterocycles. The Bertz CT molecular complexity index is 4460. The maximum atomic E-state index is 12.4. The predicted molar refractivity (Wildman–Crippen MR) is 398 cm³/mol. The van der Waals surface area contributed by atoms with E-state index in [1.165, 1.54) is 43.2 Å². The van der Waals surface area contributed by atoms with Crippen LogP contribution in [-0.2, 0) is 48.5 Å². The van der Waals surface area contributed by atoms with Gasteiger partial charge in [-0.05, 0) is 165 Å². The molecular weight excluding hydrogens is 1520 g/mol. The molecule has 6 aromatic rings. The quantitative estimate of drug-likeness (QED) is 0.0474. The van der Waals surface area contributed by atoms with Crippen molar-refractivity contribution in [1.82, 2.24) is 59.6 Å². The Kier molecular flexibility index (Phi) is 29.7. The highest BCUT2D eigenvalue weighted by molar-refractivity contribution is 7.92. The zero-order valence-electron chi connectivity index (χ0n) is 63.3. The molecule has 0 unspecified atom stereocenters. The van der Waals surface area contributed by atoms with Gasteiger partial charge in [0.2, 0.25) is 29.4 Å². The van der Waals surface area contributed by atoms with Crippen LogP contribution in [0.3, 0.4) is 0 Å². The Hall–Kier alpha value is -8.80. The van der Waals surface area contributed by atoms with Gasteiger partial charge in [0, 0.05) is 95.5 Å². The molecule has 596 valence electrons. The maximum absolute atomic E-state index is 12.4. The number of amides is 3. The van der Waals surface area contributed by atoms with Crippen LogP contribution < -0.4 is 23.7 Å². The van der Waals surface area contributed by atoms with E-state index in [4.69, 9.17) is 61.1 Å². The number of nitrogens with zero attached hydrogens (tertiary/aromatic N) is 12. The molecule has 37 heteroatoms. The van der Waals surface area contributed by atoms with Crippen molar-refractivity contribution in [3.63, 3.8) is 0 Å². The second kappa shape index (κ2) is 37.7.